The lowest BCUT2D eigenvalue weighted by atomic mass is 10.1. The van der Waals surface area contributed by atoms with E-state index in [9.17, 15) is 0 Å². The molecule has 0 fully saturated rings. The number of hydrogen-bond acceptors (Lipinski definition) is 4. The van der Waals surface area contributed by atoms with Gasteiger partial charge in [-0.25, -0.2) is 0 Å². The average Bonchev–Trinajstić information content (AvgIpc) is 2.61. The molecule has 2 aromatic rings. The Balaban J connectivity index is 2.03. The van der Waals surface area contributed by atoms with Gasteiger partial charge < -0.3 is 14.3 Å². The van der Waals surface area contributed by atoms with Gasteiger partial charge in [0, 0.05) is 12.1 Å². The maximum atomic E-state index is 6.26. The van der Waals surface area contributed by atoms with E-state index in [0.717, 1.165) is 16.8 Å². The Labute approximate surface area is 178 Å². The van der Waals surface area contributed by atoms with Crippen molar-refractivity contribution >= 4 is 52.1 Å². The van der Waals surface area contributed by atoms with Crippen molar-refractivity contribution in [1.29, 1.82) is 0 Å². The van der Waals surface area contributed by atoms with Crippen LogP contribution in [0.4, 0.5) is 0 Å². The minimum absolute atomic E-state index is 0.127. The molecule has 0 aromatic heterocycles. The van der Waals surface area contributed by atoms with Crippen LogP contribution in [0.1, 0.15) is 18.1 Å². The highest BCUT2D eigenvalue weighted by Crippen LogP contribution is 2.37. The SMILES string of the molecule is CON=C(C)c1ccc(COc2c(Cl)cc(OCC=C(Cl)Cl)cc2Cl)cc1. The monoisotopic (exact) mass is 447 g/mol. The van der Waals surface area contributed by atoms with Crippen LogP contribution < -0.4 is 9.47 Å². The second kappa shape index (κ2) is 10.7. The molecule has 0 aliphatic heterocycles. The van der Waals surface area contributed by atoms with Crippen LogP contribution in [-0.2, 0) is 11.4 Å². The van der Waals surface area contributed by atoms with E-state index in [2.05, 4.69) is 5.16 Å². The van der Waals surface area contributed by atoms with Gasteiger partial charge in [-0.15, -0.1) is 0 Å². The van der Waals surface area contributed by atoms with Crippen molar-refractivity contribution in [3.63, 3.8) is 0 Å². The fourth-order valence-corrected chi connectivity index (χ4v) is 2.85. The topological polar surface area (TPSA) is 40.0 Å². The van der Waals surface area contributed by atoms with Crippen molar-refractivity contribution in [3.8, 4) is 11.5 Å². The molecular formula is C19H17Cl4NO3. The van der Waals surface area contributed by atoms with E-state index in [4.69, 9.17) is 60.7 Å². The zero-order valence-corrected chi connectivity index (χ0v) is 17.7. The highest BCUT2D eigenvalue weighted by molar-refractivity contribution is 6.55. The quantitative estimate of drug-likeness (QED) is 0.335. The smallest absolute Gasteiger partial charge is 0.157 e. The Bertz CT molecular complexity index is 808. The predicted molar refractivity (Wildman–Crippen MR) is 112 cm³/mol. The number of rotatable bonds is 8. The number of benzene rings is 2. The van der Waals surface area contributed by atoms with Crippen LogP contribution >= 0.6 is 46.4 Å². The van der Waals surface area contributed by atoms with Gasteiger partial charge in [0.25, 0.3) is 0 Å². The van der Waals surface area contributed by atoms with Gasteiger partial charge in [-0.1, -0.05) is 75.8 Å². The Kier molecular flexibility index (Phi) is 8.58. The van der Waals surface area contributed by atoms with E-state index in [1.165, 1.54) is 13.2 Å². The molecular weight excluding hydrogens is 432 g/mol. The zero-order chi connectivity index (χ0) is 19.8. The van der Waals surface area contributed by atoms with Crippen LogP contribution in [0.3, 0.4) is 0 Å². The van der Waals surface area contributed by atoms with Crippen LogP contribution in [0, 0.1) is 0 Å². The third-order valence-corrected chi connectivity index (χ3v) is 4.31. The summed E-state index contributed by atoms with van der Waals surface area (Å²) in [6.07, 6.45) is 1.51. The molecule has 0 unspecified atom stereocenters. The first-order chi connectivity index (χ1) is 12.9. The molecule has 0 aliphatic rings. The zero-order valence-electron chi connectivity index (χ0n) is 14.6. The summed E-state index contributed by atoms with van der Waals surface area (Å²) in [6.45, 7) is 2.38. The fourth-order valence-electron chi connectivity index (χ4n) is 2.15. The number of nitrogens with zero attached hydrogens (tertiary/aromatic N) is 1. The lowest BCUT2D eigenvalue weighted by molar-refractivity contribution is 0.213. The van der Waals surface area contributed by atoms with E-state index < -0.39 is 0 Å². The van der Waals surface area contributed by atoms with Crippen LogP contribution in [-0.4, -0.2) is 19.4 Å². The van der Waals surface area contributed by atoms with E-state index in [1.54, 1.807) is 12.1 Å². The van der Waals surface area contributed by atoms with Gasteiger partial charge in [0.15, 0.2) is 5.75 Å². The van der Waals surface area contributed by atoms with Crippen LogP contribution in [0.25, 0.3) is 0 Å². The standard InChI is InChI=1S/C19H17Cl4NO3/c1-12(24-25-2)14-5-3-13(4-6-14)11-27-19-16(20)9-15(10-17(19)21)26-8-7-18(22)23/h3-7,9-10H,8,11H2,1-2H3. The van der Waals surface area contributed by atoms with Gasteiger partial charge in [0.05, 0.1) is 15.8 Å². The summed E-state index contributed by atoms with van der Waals surface area (Å²) in [4.78, 5) is 4.77. The molecule has 8 heteroatoms. The first kappa shape index (κ1) is 21.7. The van der Waals surface area contributed by atoms with Crippen molar-refractivity contribution in [2.24, 2.45) is 5.16 Å². The first-order valence-electron chi connectivity index (χ1n) is 7.83. The molecule has 0 amide bonds. The van der Waals surface area contributed by atoms with E-state index >= 15 is 0 Å². The molecule has 0 radical (unpaired) electrons. The average molecular weight is 449 g/mol. The molecule has 27 heavy (non-hydrogen) atoms. The second-order valence-electron chi connectivity index (χ2n) is 5.37. The molecule has 2 rings (SSSR count). The molecule has 0 spiro atoms. The van der Waals surface area contributed by atoms with E-state index in [1.807, 2.05) is 31.2 Å². The lowest BCUT2D eigenvalue weighted by Gasteiger charge is -2.12. The summed E-state index contributed by atoms with van der Waals surface area (Å²) in [5.74, 6) is 0.873. The second-order valence-corrected chi connectivity index (χ2v) is 7.19. The van der Waals surface area contributed by atoms with E-state index in [0.29, 0.717) is 28.2 Å². The number of oxime groups is 1. The maximum absolute atomic E-state index is 6.26. The van der Waals surface area contributed by atoms with Gasteiger partial charge in [-0.3, -0.25) is 0 Å². The van der Waals surface area contributed by atoms with Crippen LogP contribution in [0.5, 0.6) is 11.5 Å². The number of hydrogen-bond donors (Lipinski definition) is 0. The van der Waals surface area contributed by atoms with Crippen molar-refractivity contribution in [3.05, 3.63) is 68.1 Å². The van der Waals surface area contributed by atoms with Crippen molar-refractivity contribution in [2.75, 3.05) is 13.7 Å². The largest absolute Gasteiger partial charge is 0.489 e. The minimum Gasteiger partial charge on any atom is -0.489 e. The molecule has 0 N–H and O–H groups in total. The fraction of sp³-hybridized carbons (Fsp3) is 0.211. The third kappa shape index (κ3) is 6.82. The molecule has 2 aromatic carbocycles. The summed E-state index contributed by atoms with van der Waals surface area (Å²) in [5.41, 5.74) is 2.71. The highest BCUT2D eigenvalue weighted by Gasteiger charge is 2.11. The number of ether oxygens (including phenoxy) is 2. The van der Waals surface area contributed by atoms with Crippen molar-refractivity contribution < 1.29 is 14.3 Å². The predicted octanol–water partition coefficient (Wildman–Crippen LogP) is 6.64. The normalized spacial score (nSPS) is 11.1. The Morgan fingerprint density at radius 3 is 2.22 bits per heavy atom. The van der Waals surface area contributed by atoms with Gasteiger partial charge in [-0.2, -0.15) is 0 Å². The first-order valence-corrected chi connectivity index (χ1v) is 9.34. The Hall–Kier alpha value is -1.59. The Morgan fingerprint density at radius 1 is 1.04 bits per heavy atom. The highest BCUT2D eigenvalue weighted by atomic mass is 35.5. The van der Waals surface area contributed by atoms with Crippen molar-refractivity contribution in [1.82, 2.24) is 0 Å². The molecule has 144 valence electrons. The maximum Gasteiger partial charge on any atom is 0.157 e. The molecule has 0 saturated carbocycles. The summed E-state index contributed by atoms with van der Waals surface area (Å²) in [5, 5.41) is 4.59. The third-order valence-electron chi connectivity index (χ3n) is 3.44. The molecule has 0 heterocycles. The van der Waals surface area contributed by atoms with Crippen LogP contribution in [0.2, 0.25) is 10.0 Å². The molecule has 0 bridgehead atoms. The van der Waals surface area contributed by atoms with Gasteiger partial charge in [0.2, 0.25) is 0 Å². The number of halogens is 4. The van der Waals surface area contributed by atoms with Gasteiger partial charge in [-0.05, 0) is 24.1 Å². The van der Waals surface area contributed by atoms with Gasteiger partial charge in [0.1, 0.15) is 30.6 Å². The summed E-state index contributed by atoms with van der Waals surface area (Å²) in [7, 11) is 1.51. The summed E-state index contributed by atoms with van der Waals surface area (Å²) in [6, 6.07) is 11.0. The Morgan fingerprint density at radius 2 is 1.67 bits per heavy atom. The molecule has 0 atom stereocenters. The lowest BCUT2D eigenvalue weighted by Crippen LogP contribution is -2.00. The summed E-state index contributed by atoms with van der Waals surface area (Å²) < 4.78 is 11.4. The van der Waals surface area contributed by atoms with Crippen LogP contribution in [0.15, 0.2) is 52.1 Å². The molecule has 4 nitrogen and oxygen atoms in total. The minimum atomic E-state index is 0.127. The van der Waals surface area contributed by atoms with Crippen molar-refractivity contribution in [2.45, 2.75) is 13.5 Å². The van der Waals surface area contributed by atoms with Gasteiger partial charge >= 0.3 is 0 Å². The molecule has 0 saturated heterocycles. The van der Waals surface area contributed by atoms with E-state index in [-0.39, 0.29) is 11.1 Å². The summed E-state index contributed by atoms with van der Waals surface area (Å²) >= 11 is 23.6. The molecule has 0 aliphatic carbocycles.